The first-order chi connectivity index (χ1) is 33.2. The molecule has 2 aliphatic rings. The molecule has 13 aromatic rings. The van der Waals surface area contributed by atoms with E-state index in [2.05, 4.69) is 240 Å². The molecule has 67 heavy (non-hydrogen) atoms. The van der Waals surface area contributed by atoms with Crippen LogP contribution in [0.5, 0.6) is 11.5 Å². The number of benzene rings is 11. The second-order valence-electron chi connectivity index (χ2n) is 17.9. The molecule has 1 unspecified atom stereocenters. The molecule has 0 saturated heterocycles. The SMILES string of the molecule is c1ccc2c(c1)Oc1ccc(N(c3ccc4c(c3)sc3ccccc34)c3ccc4c(c3)c3ccccc3n4-c3cccc4ccccc34)cc1C21c2ccccc2-c2cccc3cccc1c23. The summed E-state index contributed by atoms with van der Waals surface area (Å²) in [6.45, 7) is 0. The number of nitrogens with zero attached hydrogens (tertiary/aromatic N) is 2. The Morgan fingerprint density at radius 2 is 0.985 bits per heavy atom. The maximum Gasteiger partial charge on any atom is 0.132 e. The molecule has 1 aliphatic carbocycles. The quantitative estimate of drug-likeness (QED) is 0.175. The number of fused-ring (bicyclic) bond motifs is 15. The van der Waals surface area contributed by atoms with Gasteiger partial charge in [0.15, 0.2) is 0 Å². The first kappa shape index (κ1) is 36.9. The Balaban J connectivity index is 1.02. The van der Waals surface area contributed by atoms with Gasteiger partial charge in [-0.15, -0.1) is 11.3 Å². The van der Waals surface area contributed by atoms with E-state index in [-0.39, 0.29) is 0 Å². The Morgan fingerprint density at radius 1 is 0.373 bits per heavy atom. The van der Waals surface area contributed by atoms with Crippen molar-refractivity contribution >= 4 is 91.9 Å². The average molecular weight is 871 g/mol. The van der Waals surface area contributed by atoms with Crippen molar-refractivity contribution in [2.45, 2.75) is 5.41 Å². The number of para-hydroxylation sites is 2. The summed E-state index contributed by atoms with van der Waals surface area (Å²) in [5.41, 5.74) is 13.4. The first-order valence-corrected chi connectivity index (χ1v) is 23.8. The molecule has 1 atom stereocenters. The average Bonchev–Trinajstić information content (AvgIpc) is 3.92. The fourth-order valence-electron chi connectivity index (χ4n) is 11.9. The summed E-state index contributed by atoms with van der Waals surface area (Å²) in [5, 5.41) is 9.96. The van der Waals surface area contributed by atoms with Crippen molar-refractivity contribution in [3.63, 3.8) is 0 Å². The number of anilines is 3. The summed E-state index contributed by atoms with van der Waals surface area (Å²) in [6.07, 6.45) is 0. The summed E-state index contributed by atoms with van der Waals surface area (Å²) >= 11 is 1.86. The van der Waals surface area contributed by atoms with Crippen molar-refractivity contribution in [2.24, 2.45) is 0 Å². The number of rotatable bonds is 4. The van der Waals surface area contributed by atoms with E-state index in [4.69, 9.17) is 4.74 Å². The van der Waals surface area contributed by atoms with Crippen molar-refractivity contribution in [1.82, 2.24) is 4.57 Å². The van der Waals surface area contributed by atoms with Crippen molar-refractivity contribution in [1.29, 1.82) is 0 Å². The number of thiophene rings is 1. The Labute approximate surface area is 390 Å². The van der Waals surface area contributed by atoms with Gasteiger partial charge < -0.3 is 14.2 Å². The highest BCUT2D eigenvalue weighted by Gasteiger charge is 2.49. The molecule has 312 valence electrons. The van der Waals surface area contributed by atoms with Crippen LogP contribution >= 0.6 is 11.3 Å². The minimum absolute atomic E-state index is 0.665. The zero-order valence-corrected chi connectivity index (χ0v) is 37.0. The Hall–Kier alpha value is -8.44. The maximum absolute atomic E-state index is 7.00. The predicted molar refractivity (Wildman–Crippen MR) is 281 cm³/mol. The van der Waals surface area contributed by atoms with Crippen LogP contribution in [0, 0.1) is 0 Å². The van der Waals surface area contributed by atoms with Gasteiger partial charge in [0, 0.05) is 64.5 Å². The molecule has 0 amide bonds. The molecule has 1 spiro atoms. The van der Waals surface area contributed by atoms with Crippen LogP contribution in [0.2, 0.25) is 0 Å². The van der Waals surface area contributed by atoms with E-state index >= 15 is 0 Å². The molecule has 11 aromatic carbocycles. The highest BCUT2D eigenvalue weighted by Crippen LogP contribution is 2.62. The fourth-order valence-corrected chi connectivity index (χ4v) is 13.0. The van der Waals surface area contributed by atoms with Crippen LogP contribution in [0.4, 0.5) is 17.1 Å². The molecule has 0 N–H and O–H groups in total. The Bertz CT molecular complexity index is 4220. The molecule has 0 bridgehead atoms. The van der Waals surface area contributed by atoms with Gasteiger partial charge in [0.2, 0.25) is 0 Å². The molecule has 0 radical (unpaired) electrons. The normalized spacial score (nSPS) is 14.7. The molecule has 15 rings (SSSR count). The summed E-state index contributed by atoms with van der Waals surface area (Å²) in [6, 6.07) is 85.1. The lowest BCUT2D eigenvalue weighted by Gasteiger charge is -2.45. The zero-order valence-electron chi connectivity index (χ0n) is 36.2. The summed E-state index contributed by atoms with van der Waals surface area (Å²) < 4.78 is 12.0. The third kappa shape index (κ3) is 5.05. The topological polar surface area (TPSA) is 17.4 Å². The van der Waals surface area contributed by atoms with Gasteiger partial charge in [-0.05, 0) is 111 Å². The molecule has 4 heteroatoms. The molecule has 0 fully saturated rings. The maximum atomic E-state index is 7.00. The van der Waals surface area contributed by atoms with Gasteiger partial charge in [0.05, 0.1) is 22.1 Å². The highest BCUT2D eigenvalue weighted by molar-refractivity contribution is 7.25. The van der Waals surface area contributed by atoms with Gasteiger partial charge in [-0.2, -0.15) is 0 Å². The number of hydrogen-bond acceptors (Lipinski definition) is 3. The van der Waals surface area contributed by atoms with Crippen LogP contribution in [0.15, 0.2) is 231 Å². The van der Waals surface area contributed by atoms with Crippen molar-refractivity contribution in [3.8, 4) is 28.3 Å². The highest BCUT2D eigenvalue weighted by atomic mass is 32.1. The van der Waals surface area contributed by atoms with Crippen molar-refractivity contribution < 1.29 is 4.74 Å². The number of aromatic nitrogens is 1. The lowest BCUT2D eigenvalue weighted by atomic mass is 9.58. The van der Waals surface area contributed by atoms with Crippen LogP contribution in [0.1, 0.15) is 22.3 Å². The zero-order chi connectivity index (χ0) is 43.8. The molecule has 2 aromatic heterocycles. The van der Waals surface area contributed by atoms with Gasteiger partial charge in [0.1, 0.15) is 11.5 Å². The smallest absolute Gasteiger partial charge is 0.132 e. The van der Waals surface area contributed by atoms with E-state index < -0.39 is 5.41 Å². The second-order valence-corrected chi connectivity index (χ2v) is 19.0. The minimum atomic E-state index is -0.665. The Kier molecular flexibility index (Phi) is 7.58. The second kappa shape index (κ2) is 13.8. The summed E-state index contributed by atoms with van der Waals surface area (Å²) in [5.74, 6) is 1.75. The van der Waals surface area contributed by atoms with Crippen LogP contribution in [-0.4, -0.2) is 4.57 Å². The first-order valence-electron chi connectivity index (χ1n) is 23.0. The van der Waals surface area contributed by atoms with E-state index in [1.165, 1.54) is 91.5 Å². The fraction of sp³-hybridized carbons (Fsp3) is 0.0159. The van der Waals surface area contributed by atoms with Gasteiger partial charge in [-0.1, -0.05) is 158 Å². The molecular formula is C63H38N2OS. The lowest BCUT2D eigenvalue weighted by Crippen LogP contribution is -2.36. The number of hydrogen-bond donors (Lipinski definition) is 0. The van der Waals surface area contributed by atoms with Crippen LogP contribution in [0.3, 0.4) is 0 Å². The minimum Gasteiger partial charge on any atom is -0.457 e. The third-order valence-electron chi connectivity index (χ3n) is 14.6. The Morgan fingerprint density at radius 3 is 1.93 bits per heavy atom. The standard InChI is InChI=1S/C63H38N2OS/c1-2-18-44-39(14-1)15-13-27-55(44)65-56-26-8-4-20-46(56)50-36-41(31-34-57(50)65)64(43-30-33-48-47-21-5-10-29-60(47)67-61(48)38-43)42-32-35-59-54(37-42)63(52-24-7-9-28-58(52)66-59)51-23-6-3-19-45(51)49-22-11-16-40-17-12-25-53(63)62(40)49/h1-38H. The van der Waals surface area contributed by atoms with E-state index in [0.29, 0.717) is 0 Å². The van der Waals surface area contributed by atoms with Gasteiger partial charge >= 0.3 is 0 Å². The van der Waals surface area contributed by atoms with E-state index in [9.17, 15) is 0 Å². The molecular weight excluding hydrogens is 833 g/mol. The molecule has 3 nitrogen and oxygen atoms in total. The number of ether oxygens (including phenoxy) is 1. The van der Waals surface area contributed by atoms with Gasteiger partial charge in [-0.3, -0.25) is 0 Å². The molecule has 1 aliphatic heterocycles. The summed E-state index contributed by atoms with van der Waals surface area (Å²) in [7, 11) is 0. The summed E-state index contributed by atoms with van der Waals surface area (Å²) in [4.78, 5) is 2.46. The van der Waals surface area contributed by atoms with E-state index in [1.54, 1.807) is 0 Å². The molecule has 0 saturated carbocycles. The lowest BCUT2D eigenvalue weighted by molar-refractivity contribution is 0.435. The largest absolute Gasteiger partial charge is 0.457 e. The van der Waals surface area contributed by atoms with Crippen LogP contribution in [-0.2, 0) is 5.41 Å². The molecule has 3 heterocycles. The van der Waals surface area contributed by atoms with Crippen molar-refractivity contribution in [3.05, 3.63) is 253 Å². The van der Waals surface area contributed by atoms with Crippen molar-refractivity contribution in [2.75, 3.05) is 4.90 Å². The van der Waals surface area contributed by atoms with Gasteiger partial charge in [0.25, 0.3) is 0 Å². The van der Waals surface area contributed by atoms with Crippen LogP contribution in [0.25, 0.3) is 80.3 Å². The van der Waals surface area contributed by atoms with Gasteiger partial charge in [-0.25, -0.2) is 0 Å². The monoisotopic (exact) mass is 870 g/mol. The van der Waals surface area contributed by atoms with E-state index in [0.717, 1.165) is 39.7 Å². The predicted octanol–water partition coefficient (Wildman–Crippen LogP) is 17.4. The third-order valence-corrected chi connectivity index (χ3v) is 15.7. The van der Waals surface area contributed by atoms with Crippen LogP contribution < -0.4 is 9.64 Å². The van der Waals surface area contributed by atoms with E-state index in [1.807, 2.05) is 11.3 Å².